The molecule has 0 aliphatic heterocycles. The summed E-state index contributed by atoms with van der Waals surface area (Å²) in [6.45, 7) is 2.33. The van der Waals surface area contributed by atoms with Crippen LogP contribution < -0.4 is 16.0 Å². The van der Waals surface area contributed by atoms with Crippen LogP contribution in [0, 0.1) is 0 Å². The van der Waals surface area contributed by atoms with Crippen molar-refractivity contribution in [3.63, 3.8) is 0 Å². The number of pyridine rings is 2. The number of benzene rings is 1. The molecule has 3 rings (SSSR count). The number of nitrogen functional groups attached to an aromatic ring is 1. The predicted octanol–water partition coefficient (Wildman–Crippen LogP) is 2.44. The molecule has 0 unspecified atom stereocenters. The fraction of sp³-hybridized carbons (Fsp3) is 0.118. The van der Waals surface area contributed by atoms with Crippen LogP contribution in [0.3, 0.4) is 0 Å². The van der Waals surface area contributed by atoms with E-state index in [-0.39, 0.29) is 0 Å². The second kappa shape index (κ2) is 6.31. The maximum absolute atomic E-state index is 8.87. The number of aromatic amines is 1. The topological polar surface area (TPSA) is 97.7 Å². The Kier molecular flexibility index (Phi) is 4.05. The molecule has 0 fully saturated rings. The predicted molar refractivity (Wildman–Crippen MR) is 90.5 cm³/mol. The van der Waals surface area contributed by atoms with Crippen molar-refractivity contribution >= 4 is 28.1 Å². The van der Waals surface area contributed by atoms with Gasteiger partial charge in [-0.25, -0.2) is 4.98 Å². The molecule has 0 amide bonds. The van der Waals surface area contributed by atoms with Crippen LogP contribution in [0.1, 0.15) is 18.2 Å². The Hall–Kier alpha value is -3.15. The summed E-state index contributed by atoms with van der Waals surface area (Å²) in [5.74, 6) is 0.691. The van der Waals surface area contributed by atoms with Crippen LogP contribution in [0.15, 0.2) is 53.8 Å². The Morgan fingerprint density at radius 3 is 3.00 bits per heavy atom. The number of hydrogen-bond donors (Lipinski definition) is 3. The first-order chi connectivity index (χ1) is 11.2. The highest BCUT2D eigenvalue weighted by atomic mass is 16.4. The van der Waals surface area contributed by atoms with Crippen LogP contribution in [0.25, 0.3) is 10.9 Å². The molecule has 2 aromatic heterocycles. The lowest BCUT2D eigenvalue weighted by Crippen LogP contribution is -2.22. The minimum Gasteiger partial charge on any atom is -0.411 e. The molecule has 0 spiro atoms. The van der Waals surface area contributed by atoms with Gasteiger partial charge in [-0.15, -0.1) is 0 Å². The third-order valence-corrected chi connectivity index (χ3v) is 3.65. The van der Waals surface area contributed by atoms with E-state index in [4.69, 9.17) is 10.9 Å². The third kappa shape index (κ3) is 3.21. The zero-order valence-electron chi connectivity index (χ0n) is 12.7. The van der Waals surface area contributed by atoms with E-state index in [0.29, 0.717) is 29.5 Å². The molecule has 0 aliphatic carbocycles. The van der Waals surface area contributed by atoms with Crippen molar-refractivity contribution in [2.45, 2.75) is 13.5 Å². The van der Waals surface area contributed by atoms with Crippen LogP contribution in [0.5, 0.6) is 0 Å². The molecule has 1 aromatic carbocycles. The van der Waals surface area contributed by atoms with Crippen molar-refractivity contribution in [2.75, 3.05) is 11.1 Å². The van der Waals surface area contributed by atoms with E-state index in [9.17, 15) is 0 Å². The lowest BCUT2D eigenvalue weighted by Gasteiger charge is -2.05. The molecule has 6 heteroatoms. The van der Waals surface area contributed by atoms with Crippen molar-refractivity contribution in [1.82, 2.24) is 4.98 Å². The number of nitrogens with one attached hydrogen (secondary N) is 2. The van der Waals surface area contributed by atoms with Gasteiger partial charge in [-0.05, 0) is 42.8 Å². The van der Waals surface area contributed by atoms with E-state index in [1.807, 2.05) is 24.3 Å². The summed E-state index contributed by atoms with van der Waals surface area (Å²) in [6.07, 6.45) is 1.78. The highest BCUT2D eigenvalue weighted by Crippen LogP contribution is 2.16. The van der Waals surface area contributed by atoms with E-state index in [1.165, 1.54) is 0 Å². The Morgan fingerprint density at radius 1 is 1.30 bits per heavy atom. The molecular formula is C17H18N5O+. The Balaban J connectivity index is 1.81. The monoisotopic (exact) mass is 308 g/mol. The Morgan fingerprint density at radius 2 is 2.17 bits per heavy atom. The minimum atomic E-state index is 0.491. The lowest BCUT2D eigenvalue weighted by atomic mass is 10.1. The smallest absolute Gasteiger partial charge is 0.296 e. The standard InChI is InChI=1S/C17H17N5O/c1-11(22-23)15-7-5-14(18)17(21-15)20-10-12-4-6-16-13(9-12)3-2-8-19-16/h2-9,23H,10,18H2,1H3,(H,20,21)/p+1. The molecule has 23 heavy (non-hydrogen) atoms. The van der Waals surface area contributed by atoms with Gasteiger partial charge in [0.1, 0.15) is 23.6 Å². The van der Waals surface area contributed by atoms with Gasteiger partial charge in [0.25, 0.3) is 5.82 Å². The zero-order valence-corrected chi connectivity index (χ0v) is 12.7. The van der Waals surface area contributed by atoms with E-state index in [1.54, 1.807) is 25.3 Å². The summed E-state index contributed by atoms with van der Waals surface area (Å²) in [6, 6.07) is 13.6. The number of hydrogen-bond acceptors (Lipinski definition) is 5. The molecule has 0 atom stereocenters. The fourth-order valence-corrected chi connectivity index (χ4v) is 2.34. The Labute approximate surface area is 133 Å². The van der Waals surface area contributed by atoms with Crippen LogP contribution >= 0.6 is 0 Å². The maximum Gasteiger partial charge on any atom is 0.296 e. The number of anilines is 2. The first kappa shape index (κ1) is 14.8. The number of H-pyrrole nitrogens is 1. The van der Waals surface area contributed by atoms with E-state index >= 15 is 0 Å². The van der Waals surface area contributed by atoms with Gasteiger partial charge < -0.3 is 10.9 Å². The average molecular weight is 308 g/mol. The molecule has 0 saturated carbocycles. The van der Waals surface area contributed by atoms with Crippen molar-refractivity contribution in [2.24, 2.45) is 5.16 Å². The number of nitrogens with two attached hydrogens (primary N) is 1. The SMILES string of the molecule is CC(=NO)c1ccc(N)c(NCc2ccc3ncccc3c2)[nH+]1. The number of rotatable bonds is 4. The van der Waals surface area contributed by atoms with E-state index in [2.05, 4.69) is 26.5 Å². The summed E-state index contributed by atoms with van der Waals surface area (Å²) >= 11 is 0. The normalized spacial score (nSPS) is 11.6. The van der Waals surface area contributed by atoms with Gasteiger partial charge in [-0.3, -0.25) is 10.3 Å². The van der Waals surface area contributed by atoms with Crippen LogP contribution in [-0.4, -0.2) is 15.9 Å². The summed E-state index contributed by atoms with van der Waals surface area (Å²) in [5, 5.41) is 16.4. The zero-order chi connectivity index (χ0) is 16.2. The number of nitrogens with zero attached hydrogens (tertiary/aromatic N) is 2. The number of oxime groups is 1. The summed E-state index contributed by atoms with van der Waals surface area (Å²) in [5.41, 5.74) is 9.86. The van der Waals surface area contributed by atoms with Crippen molar-refractivity contribution in [3.8, 4) is 0 Å². The van der Waals surface area contributed by atoms with Gasteiger partial charge in [0.2, 0.25) is 0 Å². The summed E-state index contributed by atoms with van der Waals surface area (Å²) in [4.78, 5) is 7.44. The molecule has 116 valence electrons. The molecule has 3 aromatic rings. The summed E-state index contributed by atoms with van der Waals surface area (Å²) in [7, 11) is 0. The highest BCUT2D eigenvalue weighted by Gasteiger charge is 2.11. The summed E-state index contributed by atoms with van der Waals surface area (Å²) < 4.78 is 0. The molecule has 5 N–H and O–H groups in total. The van der Waals surface area contributed by atoms with Gasteiger partial charge in [0.05, 0.1) is 5.52 Å². The van der Waals surface area contributed by atoms with Crippen LogP contribution in [0.4, 0.5) is 11.5 Å². The van der Waals surface area contributed by atoms with Gasteiger partial charge in [0.15, 0.2) is 0 Å². The largest absolute Gasteiger partial charge is 0.411 e. The van der Waals surface area contributed by atoms with Crippen molar-refractivity contribution < 1.29 is 10.2 Å². The first-order valence-corrected chi connectivity index (χ1v) is 7.26. The van der Waals surface area contributed by atoms with Gasteiger partial charge in [0, 0.05) is 11.6 Å². The second-order valence-corrected chi connectivity index (χ2v) is 5.27. The maximum atomic E-state index is 8.87. The molecule has 0 saturated heterocycles. The lowest BCUT2D eigenvalue weighted by molar-refractivity contribution is -0.362. The molecule has 0 aliphatic rings. The molecule has 6 nitrogen and oxygen atoms in total. The molecule has 0 bridgehead atoms. The minimum absolute atomic E-state index is 0.491. The van der Waals surface area contributed by atoms with Gasteiger partial charge in [-0.2, -0.15) is 0 Å². The van der Waals surface area contributed by atoms with E-state index < -0.39 is 0 Å². The van der Waals surface area contributed by atoms with Crippen molar-refractivity contribution in [3.05, 3.63) is 59.9 Å². The fourth-order valence-electron chi connectivity index (χ4n) is 2.34. The molecule has 0 radical (unpaired) electrons. The van der Waals surface area contributed by atoms with Crippen LogP contribution in [0.2, 0.25) is 0 Å². The highest BCUT2D eigenvalue weighted by molar-refractivity contribution is 5.95. The average Bonchev–Trinajstić information content (AvgIpc) is 2.60. The second-order valence-electron chi connectivity index (χ2n) is 5.27. The first-order valence-electron chi connectivity index (χ1n) is 7.26. The number of fused-ring (bicyclic) bond motifs is 1. The third-order valence-electron chi connectivity index (χ3n) is 3.65. The Bertz CT molecular complexity index is 876. The van der Waals surface area contributed by atoms with Gasteiger partial charge >= 0.3 is 0 Å². The quantitative estimate of drug-likeness (QED) is 0.392. The molecule has 2 heterocycles. The van der Waals surface area contributed by atoms with E-state index in [0.717, 1.165) is 16.5 Å². The van der Waals surface area contributed by atoms with Crippen LogP contribution in [-0.2, 0) is 6.54 Å². The number of aromatic nitrogens is 2. The van der Waals surface area contributed by atoms with Gasteiger partial charge in [-0.1, -0.05) is 17.3 Å². The molecular weight excluding hydrogens is 290 g/mol. The van der Waals surface area contributed by atoms with Crippen molar-refractivity contribution in [1.29, 1.82) is 0 Å².